The smallest absolute Gasteiger partial charge is 0.234 e. The van der Waals surface area contributed by atoms with Crippen molar-refractivity contribution < 1.29 is 14.0 Å². The van der Waals surface area contributed by atoms with Crippen LogP contribution in [0.2, 0.25) is 18.1 Å². The van der Waals surface area contributed by atoms with Crippen LogP contribution in [0.3, 0.4) is 0 Å². The maximum atomic E-state index is 13.9. The van der Waals surface area contributed by atoms with Crippen molar-refractivity contribution in [3.63, 3.8) is 0 Å². The monoisotopic (exact) mass is 501 g/mol. The van der Waals surface area contributed by atoms with E-state index in [1.54, 1.807) is 6.08 Å². The van der Waals surface area contributed by atoms with Crippen LogP contribution in [0.5, 0.6) is 0 Å². The molecule has 0 aliphatic heterocycles. The van der Waals surface area contributed by atoms with E-state index in [0.717, 1.165) is 25.7 Å². The third-order valence-corrected chi connectivity index (χ3v) is 16.7. The maximum absolute atomic E-state index is 13.9. The van der Waals surface area contributed by atoms with Crippen molar-refractivity contribution in [3.8, 4) is 0 Å². The molecular weight excluding hydrogens is 450 g/mol. The molecule has 4 fully saturated rings. The standard InChI is InChI=1S/C30H51NO3Si/c1-20(13-16-31-19-32)23-9-10-24-27-25(12-15-30(23,24)6)29(5)14-11-22(17-21(29)18-26(27)33)34-35(7,8)28(2,3)4/h20-25,27H,9-18H2,1-8H3/t20-,21+,22?,23-,24+,25+,27+,29+,30-/m1/s1. The number of nitrogens with zero attached hydrogens (tertiary/aromatic N) is 1. The van der Waals surface area contributed by atoms with Crippen LogP contribution in [-0.2, 0) is 14.0 Å². The highest BCUT2D eigenvalue weighted by molar-refractivity contribution is 6.74. The maximum Gasteiger partial charge on any atom is 0.234 e. The molecule has 1 unspecified atom stereocenters. The normalized spacial score (nSPS) is 42.5. The summed E-state index contributed by atoms with van der Waals surface area (Å²) in [6.45, 7) is 19.7. The first-order valence-corrected chi connectivity index (χ1v) is 17.4. The molecule has 0 heterocycles. The zero-order valence-electron chi connectivity index (χ0n) is 23.8. The zero-order chi connectivity index (χ0) is 25.8. The van der Waals surface area contributed by atoms with E-state index in [1.165, 1.54) is 32.1 Å². The highest BCUT2D eigenvalue weighted by atomic mass is 28.4. The largest absolute Gasteiger partial charge is 0.414 e. The van der Waals surface area contributed by atoms with Gasteiger partial charge in [0.15, 0.2) is 8.32 Å². The third-order valence-electron chi connectivity index (χ3n) is 12.2. The molecule has 0 radical (unpaired) electrons. The van der Waals surface area contributed by atoms with Crippen molar-refractivity contribution >= 4 is 20.2 Å². The van der Waals surface area contributed by atoms with Gasteiger partial charge in [-0.2, -0.15) is 0 Å². The van der Waals surface area contributed by atoms with Gasteiger partial charge in [-0.15, -0.1) is 0 Å². The summed E-state index contributed by atoms with van der Waals surface area (Å²) in [4.78, 5) is 28.2. The van der Waals surface area contributed by atoms with Crippen molar-refractivity contribution in [2.45, 2.75) is 124 Å². The summed E-state index contributed by atoms with van der Waals surface area (Å²) < 4.78 is 6.87. The van der Waals surface area contributed by atoms with E-state index in [-0.39, 0.29) is 21.8 Å². The molecule has 0 bridgehead atoms. The van der Waals surface area contributed by atoms with Crippen LogP contribution in [0.1, 0.15) is 99.3 Å². The first kappa shape index (κ1) is 27.3. The molecule has 4 aliphatic rings. The van der Waals surface area contributed by atoms with Crippen LogP contribution in [0, 0.1) is 46.3 Å². The first-order valence-electron chi connectivity index (χ1n) is 14.5. The summed E-state index contributed by atoms with van der Waals surface area (Å²) in [6.07, 6.45) is 12.1. The molecule has 4 rings (SSSR count). The molecule has 4 aliphatic carbocycles. The number of hydrogen-bond donors (Lipinski definition) is 0. The minimum atomic E-state index is -1.80. The van der Waals surface area contributed by atoms with E-state index in [4.69, 9.17) is 4.43 Å². The zero-order valence-corrected chi connectivity index (χ0v) is 24.8. The number of aliphatic imine (C=N–C) groups is 1. The van der Waals surface area contributed by atoms with Gasteiger partial charge in [0.1, 0.15) is 5.78 Å². The Labute approximate surface area is 215 Å². The first-order chi connectivity index (χ1) is 16.2. The lowest BCUT2D eigenvalue weighted by atomic mass is 9.44. The second kappa shape index (κ2) is 9.51. The number of rotatable bonds is 6. The molecule has 4 nitrogen and oxygen atoms in total. The van der Waals surface area contributed by atoms with E-state index in [2.05, 4.69) is 59.6 Å². The van der Waals surface area contributed by atoms with Gasteiger partial charge in [0.2, 0.25) is 6.08 Å². The lowest BCUT2D eigenvalue weighted by Gasteiger charge is -2.61. The molecule has 0 aromatic heterocycles. The summed E-state index contributed by atoms with van der Waals surface area (Å²) in [6, 6.07) is 0. The predicted octanol–water partition coefficient (Wildman–Crippen LogP) is 7.58. The molecule has 0 aromatic rings. The van der Waals surface area contributed by atoms with E-state index in [1.807, 2.05) is 0 Å². The number of hydrogen-bond acceptors (Lipinski definition) is 4. The lowest BCUT2D eigenvalue weighted by Crippen LogP contribution is -2.58. The summed E-state index contributed by atoms with van der Waals surface area (Å²) in [7, 11) is -1.80. The average molecular weight is 502 g/mol. The number of Topliss-reactive ketones (excluding diaryl/α,β-unsaturated/α-hetero) is 1. The molecule has 0 aromatic carbocycles. The van der Waals surface area contributed by atoms with Gasteiger partial charge in [-0.3, -0.25) is 4.79 Å². The van der Waals surface area contributed by atoms with Crippen molar-refractivity contribution in [3.05, 3.63) is 0 Å². The molecule has 0 N–H and O–H groups in total. The lowest BCUT2D eigenvalue weighted by molar-refractivity contribution is -0.160. The van der Waals surface area contributed by atoms with Crippen molar-refractivity contribution in [1.82, 2.24) is 0 Å². The minimum absolute atomic E-state index is 0.227. The fourth-order valence-electron chi connectivity index (χ4n) is 9.08. The number of fused-ring (bicyclic) bond motifs is 5. The second-order valence-electron chi connectivity index (χ2n) is 14.9. The molecule has 9 atom stereocenters. The van der Waals surface area contributed by atoms with E-state index in [9.17, 15) is 9.59 Å². The van der Waals surface area contributed by atoms with Crippen LogP contribution in [0.15, 0.2) is 4.99 Å². The van der Waals surface area contributed by atoms with Gasteiger partial charge in [-0.1, -0.05) is 41.5 Å². The highest BCUT2D eigenvalue weighted by Gasteiger charge is 2.63. The molecule has 5 heteroatoms. The fraction of sp³-hybridized carbons (Fsp3) is 0.933. The minimum Gasteiger partial charge on any atom is -0.414 e. The number of carbonyl (C=O) groups excluding carboxylic acids is 2. The van der Waals surface area contributed by atoms with Gasteiger partial charge in [0.25, 0.3) is 0 Å². The van der Waals surface area contributed by atoms with Gasteiger partial charge in [0, 0.05) is 18.4 Å². The summed E-state index contributed by atoms with van der Waals surface area (Å²) >= 11 is 0. The van der Waals surface area contributed by atoms with Crippen molar-refractivity contribution in [2.75, 3.05) is 6.54 Å². The Balaban J connectivity index is 1.49. The summed E-state index contributed by atoms with van der Waals surface area (Å²) in [5.41, 5.74) is 0.544. The van der Waals surface area contributed by atoms with E-state index in [0.29, 0.717) is 48.0 Å². The van der Waals surface area contributed by atoms with Gasteiger partial charge in [0.05, 0.1) is 6.54 Å². The summed E-state index contributed by atoms with van der Waals surface area (Å²) in [5, 5.41) is 0.227. The molecule has 0 amide bonds. The van der Waals surface area contributed by atoms with E-state index < -0.39 is 8.32 Å². The molecule has 0 spiro atoms. The van der Waals surface area contributed by atoms with Gasteiger partial charge >= 0.3 is 0 Å². The predicted molar refractivity (Wildman–Crippen MR) is 144 cm³/mol. The molecule has 198 valence electrons. The number of ketones is 1. The van der Waals surface area contributed by atoms with Crippen LogP contribution in [0.25, 0.3) is 0 Å². The van der Waals surface area contributed by atoms with Gasteiger partial charge < -0.3 is 4.43 Å². The number of isocyanates is 1. The molecular formula is C30H51NO3Si. The SMILES string of the molecule is C[C@H](CCN=C=O)[C@H]1CC[C@H]2[C@@H]3C(=O)C[C@@H]4CC(O[Si](C)(C)C(C)(C)C)CC[C@]4(C)[C@H]3CC[C@]12C. The topological polar surface area (TPSA) is 55.7 Å². The van der Waals surface area contributed by atoms with Crippen molar-refractivity contribution in [2.24, 2.45) is 51.3 Å². The Morgan fingerprint density at radius 3 is 2.40 bits per heavy atom. The Bertz CT molecular complexity index is 858. The molecule has 0 saturated heterocycles. The quantitative estimate of drug-likeness (QED) is 0.214. The van der Waals surface area contributed by atoms with Gasteiger partial charge in [-0.25, -0.2) is 9.79 Å². The van der Waals surface area contributed by atoms with E-state index >= 15 is 0 Å². The Kier molecular flexibility index (Phi) is 7.41. The Morgan fingerprint density at radius 2 is 1.74 bits per heavy atom. The Hall–Kier alpha value is -0.773. The fourth-order valence-corrected chi connectivity index (χ4v) is 10.5. The van der Waals surface area contributed by atoms with Gasteiger partial charge in [-0.05, 0) is 110 Å². The highest BCUT2D eigenvalue weighted by Crippen LogP contribution is 2.67. The van der Waals surface area contributed by atoms with Crippen LogP contribution in [0.4, 0.5) is 0 Å². The van der Waals surface area contributed by atoms with Crippen LogP contribution >= 0.6 is 0 Å². The Morgan fingerprint density at radius 1 is 1.09 bits per heavy atom. The van der Waals surface area contributed by atoms with Crippen molar-refractivity contribution in [1.29, 1.82) is 0 Å². The van der Waals surface area contributed by atoms with Crippen LogP contribution in [-0.4, -0.2) is 32.8 Å². The third kappa shape index (κ3) is 4.68. The number of carbonyl (C=O) groups is 1. The molecule has 35 heavy (non-hydrogen) atoms. The summed E-state index contributed by atoms with van der Waals surface area (Å²) in [5.74, 6) is 3.59. The second-order valence-corrected chi connectivity index (χ2v) is 19.6. The average Bonchev–Trinajstić information content (AvgIpc) is 3.11. The van der Waals surface area contributed by atoms with Crippen LogP contribution < -0.4 is 0 Å². The molecule has 4 saturated carbocycles.